The Morgan fingerprint density at radius 1 is 1.00 bits per heavy atom. The van der Waals surface area contributed by atoms with Gasteiger partial charge >= 0.3 is 5.97 Å². The predicted octanol–water partition coefficient (Wildman–Crippen LogP) is 3.93. The summed E-state index contributed by atoms with van der Waals surface area (Å²) in [5.74, 6) is -0.0523. The lowest BCUT2D eigenvalue weighted by molar-refractivity contribution is -0.141. The molecule has 0 bridgehead atoms. The van der Waals surface area contributed by atoms with Crippen molar-refractivity contribution in [3.63, 3.8) is 0 Å². The average molecular weight is 548 g/mol. The lowest BCUT2D eigenvalue weighted by Crippen LogP contribution is -2.37. The maximum atomic E-state index is 13.3. The Kier molecular flexibility index (Phi) is 9.27. The number of hydrogen-bond donors (Lipinski definition) is 0. The molecule has 1 amide bonds. The summed E-state index contributed by atoms with van der Waals surface area (Å²) < 4.78 is 40.5. The third-order valence-electron chi connectivity index (χ3n) is 5.48. The summed E-state index contributed by atoms with van der Waals surface area (Å²) >= 11 is 1.24. The molecule has 0 atom stereocenters. The lowest BCUT2D eigenvalue weighted by Gasteiger charge is -2.25. The SMILES string of the molecule is COC(=O)Cn1c(=NC(=O)c2ccc(S(=O)(=O)N(CC(C)C)CC(C)C)cc2)sc2cc(OC)ccc21. The van der Waals surface area contributed by atoms with Gasteiger partial charge in [-0.3, -0.25) is 9.59 Å². The number of carbonyl (C=O) groups is 2. The van der Waals surface area contributed by atoms with Crippen LogP contribution in [0.2, 0.25) is 0 Å². The third kappa shape index (κ3) is 6.85. The minimum atomic E-state index is -3.71. The Balaban J connectivity index is 1.97. The minimum Gasteiger partial charge on any atom is -0.497 e. The van der Waals surface area contributed by atoms with Crippen LogP contribution in [-0.2, 0) is 26.1 Å². The molecule has 0 radical (unpaired) electrons. The number of methoxy groups -OCH3 is 2. The first-order valence-corrected chi connectivity index (χ1v) is 14.1. The van der Waals surface area contributed by atoms with E-state index in [-0.39, 0.29) is 28.8 Å². The van der Waals surface area contributed by atoms with E-state index in [2.05, 4.69) is 4.99 Å². The number of carbonyl (C=O) groups excluding carboxylic acids is 2. The van der Waals surface area contributed by atoms with E-state index in [0.29, 0.717) is 29.2 Å². The molecule has 3 rings (SSSR count). The number of nitrogens with zero attached hydrogens (tertiary/aromatic N) is 3. The van der Waals surface area contributed by atoms with Crippen molar-refractivity contribution in [3.8, 4) is 5.75 Å². The number of esters is 1. The van der Waals surface area contributed by atoms with Crippen LogP contribution < -0.4 is 9.54 Å². The molecule has 3 aromatic rings. The van der Waals surface area contributed by atoms with Gasteiger partial charge in [0.1, 0.15) is 12.3 Å². The van der Waals surface area contributed by atoms with Crippen LogP contribution in [-0.4, -0.2) is 56.5 Å². The van der Waals surface area contributed by atoms with E-state index >= 15 is 0 Å². The number of hydrogen-bond acceptors (Lipinski definition) is 7. The Morgan fingerprint density at radius 2 is 1.62 bits per heavy atom. The topological polar surface area (TPSA) is 107 Å². The molecular weight excluding hydrogens is 514 g/mol. The smallest absolute Gasteiger partial charge is 0.325 e. The molecule has 0 aliphatic rings. The van der Waals surface area contributed by atoms with E-state index < -0.39 is 21.9 Å². The van der Waals surface area contributed by atoms with Gasteiger partial charge in [-0.25, -0.2) is 8.42 Å². The number of benzene rings is 2. The minimum absolute atomic E-state index is 0.117. The first-order valence-electron chi connectivity index (χ1n) is 11.9. The van der Waals surface area contributed by atoms with Gasteiger partial charge in [0, 0.05) is 18.7 Å². The summed E-state index contributed by atoms with van der Waals surface area (Å²) in [6, 6.07) is 11.1. The molecule has 2 aromatic carbocycles. The summed E-state index contributed by atoms with van der Waals surface area (Å²) in [6.45, 7) is 8.60. The van der Waals surface area contributed by atoms with Crippen LogP contribution in [0.1, 0.15) is 38.1 Å². The number of fused-ring (bicyclic) bond motifs is 1. The molecule has 0 spiro atoms. The maximum absolute atomic E-state index is 13.3. The van der Waals surface area contributed by atoms with Crippen molar-refractivity contribution in [2.24, 2.45) is 16.8 Å². The van der Waals surface area contributed by atoms with Gasteiger partial charge in [-0.15, -0.1) is 0 Å². The highest BCUT2D eigenvalue weighted by molar-refractivity contribution is 7.89. The fourth-order valence-corrected chi connectivity index (χ4v) is 6.59. The summed E-state index contributed by atoms with van der Waals surface area (Å²) in [5.41, 5.74) is 0.942. The van der Waals surface area contributed by atoms with Gasteiger partial charge in [-0.2, -0.15) is 9.30 Å². The van der Waals surface area contributed by atoms with Crippen LogP contribution in [0.5, 0.6) is 5.75 Å². The zero-order chi connectivity index (χ0) is 27.3. The van der Waals surface area contributed by atoms with Crippen LogP contribution >= 0.6 is 11.3 Å². The standard InChI is InChI=1S/C26H33N3O6S2/c1-17(2)14-28(15-18(3)4)37(32,33)21-10-7-19(8-11-21)25(31)27-26-29(16-24(30)35-6)22-12-9-20(34-5)13-23(22)36-26/h7-13,17-18H,14-16H2,1-6H3. The molecule has 200 valence electrons. The van der Waals surface area contributed by atoms with Gasteiger partial charge in [-0.1, -0.05) is 39.0 Å². The van der Waals surface area contributed by atoms with E-state index in [9.17, 15) is 18.0 Å². The maximum Gasteiger partial charge on any atom is 0.325 e. The van der Waals surface area contributed by atoms with Gasteiger partial charge in [0.05, 0.1) is 29.3 Å². The lowest BCUT2D eigenvalue weighted by atomic mass is 10.2. The average Bonchev–Trinajstić information content (AvgIpc) is 3.18. The van der Waals surface area contributed by atoms with Crippen molar-refractivity contribution >= 4 is 43.5 Å². The van der Waals surface area contributed by atoms with E-state index in [1.807, 2.05) is 27.7 Å². The van der Waals surface area contributed by atoms with Crippen molar-refractivity contribution in [2.45, 2.75) is 39.1 Å². The zero-order valence-electron chi connectivity index (χ0n) is 21.9. The first kappa shape index (κ1) is 28.5. The summed E-state index contributed by atoms with van der Waals surface area (Å²) in [4.78, 5) is 29.7. The Bertz CT molecular complexity index is 1430. The van der Waals surface area contributed by atoms with Crippen LogP contribution in [0.4, 0.5) is 0 Å². The largest absolute Gasteiger partial charge is 0.497 e. The molecule has 9 nitrogen and oxygen atoms in total. The third-order valence-corrected chi connectivity index (χ3v) is 8.37. The number of thiazole rings is 1. The molecule has 0 N–H and O–H groups in total. The number of amides is 1. The number of sulfonamides is 1. The van der Waals surface area contributed by atoms with Crippen molar-refractivity contribution in [1.82, 2.24) is 8.87 Å². The molecule has 0 aliphatic heterocycles. The molecule has 0 saturated carbocycles. The number of ether oxygens (including phenoxy) is 2. The van der Waals surface area contributed by atoms with E-state index in [1.165, 1.54) is 47.0 Å². The second-order valence-electron chi connectivity index (χ2n) is 9.43. The quantitative estimate of drug-likeness (QED) is 0.356. The Morgan fingerprint density at radius 3 is 2.16 bits per heavy atom. The second-order valence-corrected chi connectivity index (χ2v) is 12.4. The van der Waals surface area contributed by atoms with Crippen molar-refractivity contribution < 1.29 is 27.5 Å². The molecule has 0 aliphatic carbocycles. The number of rotatable bonds is 10. The van der Waals surface area contributed by atoms with Crippen LogP contribution in [0, 0.1) is 11.8 Å². The molecule has 0 fully saturated rings. The number of aromatic nitrogens is 1. The Labute approximate surface area is 221 Å². The summed E-state index contributed by atoms with van der Waals surface area (Å²) in [6.07, 6.45) is 0. The molecule has 0 saturated heterocycles. The fraction of sp³-hybridized carbons (Fsp3) is 0.423. The molecule has 0 unspecified atom stereocenters. The highest BCUT2D eigenvalue weighted by atomic mass is 32.2. The summed E-state index contributed by atoms with van der Waals surface area (Å²) in [7, 11) is -0.864. The zero-order valence-corrected chi connectivity index (χ0v) is 23.6. The van der Waals surface area contributed by atoms with Gasteiger partial charge in [0.25, 0.3) is 5.91 Å². The molecule has 1 aromatic heterocycles. The van der Waals surface area contributed by atoms with Crippen LogP contribution in [0.15, 0.2) is 52.4 Å². The normalized spacial score (nSPS) is 12.6. The highest BCUT2D eigenvalue weighted by Crippen LogP contribution is 2.24. The fourth-order valence-electron chi connectivity index (χ4n) is 3.77. The van der Waals surface area contributed by atoms with Crippen molar-refractivity contribution in [1.29, 1.82) is 0 Å². The van der Waals surface area contributed by atoms with Crippen LogP contribution in [0.3, 0.4) is 0 Å². The van der Waals surface area contributed by atoms with Crippen LogP contribution in [0.25, 0.3) is 10.2 Å². The Hall–Kier alpha value is -3.02. The monoisotopic (exact) mass is 547 g/mol. The van der Waals surface area contributed by atoms with Gasteiger partial charge in [-0.05, 0) is 54.3 Å². The molecular formula is C26H33N3O6S2. The molecule has 37 heavy (non-hydrogen) atoms. The first-order chi connectivity index (χ1) is 17.5. The highest BCUT2D eigenvalue weighted by Gasteiger charge is 2.26. The summed E-state index contributed by atoms with van der Waals surface area (Å²) in [5, 5.41) is 0. The van der Waals surface area contributed by atoms with Gasteiger partial charge in [0.2, 0.25) is 10.0 Å². The van der Waals surface area contributed by atoms with Gasteiger partial charge in [0.15, 0.2) is 4.80 Å². The van der Waals surface area contributed by atoms with Gasteiger partial charge < -0.3 is 14.0 Å². The van der Waals surface area contributed by atoms with Crippen molar-refractivity contribution in [2.75, 3.05) is 27.3 Å². The molecule has 11 heteroatoms. The van der Waals surface area contributed by atoms with E-state index in [4.69, 9.17) is 9.47 Å². The van der Waals surface area contributed by atoms with Crippen molar-refractivity contribution in [3.05, 3.63) is 52.8 Å². The molecule has 1 heterocycles. The van der Waals surface area contributed by atoms with E-state index in [0.717, 1.165) is 4.70 Å². The second kappa shape index (κ2) is 12.0. The predicted molar refractivity (Wildman–Crippen MR) is 143 cm³/mol. The van der Waals surface area contributed by atoms with E-state index in [1.54, 1.807) is 29.9 Å².